The van der Waals surface area contributed by atoms with Crippen molar-refractivity contribution >= 4 is 5.78 Å². The predicted molar refractivity (Wildman–Crippen MR) is 56.3 cm³/mol. The van der Waals surface area contributed by atoms with Crippen LogP contribution in [0.25, 0.3) is 0 Å². The molecule has 1 fully saturated rings. The van der Waals surface area contributed by atoms with Crippen molar-refractivity contribution in [1.29, 1.82) is 0 Å². The highest BCUT2D eigenvalue weighted by atomic mass is 16.5. The van der Waals surface area contributed by atoms with E-state index in [0.717, 1.165) is 19.7 Å². The van der Waals surface area contributed by atoms with Gasteiger partial charge in [0.25, 0.3) is 0 Å². The van der Waals surface area contributed by atoms with Crippen molar-refractivity contribution < 1.29 is 9.53 Å². The fourth-order valence-corrected chi connectivity index (χ4v) is 1.91. The molecule has 3 nitrogen and oxygen atoms in total. The molecule has 0 aromatic rings. The Hall–Kier alpha value is -0.410. The lowest BCUT2D eigenvalue weighted by Crippen LogP contribution is -2.38. The molecule has 1 heterocycles. The summed E-state index contributed by atoms with van der Waals surface area (Å²) in [6, 6.07) is 0. The van der Waals surface area contributed by atoms with Gasteiger partial charge in [-0.3, -0.25) is 9.69 Å². The molecular formula is C11H21NO2. The standard InChI is InChI=1S/C11H21NO2/c1-3-11(13)8-12-6-4-10(5-7-12)9-14-2/h10H,3-9H2,1-2H3. The number of hydrogen-bond donors (Lipinski definition) is 0. The van der Waals surface area contributed by atoms with Crippen molar-refractivity contribution in [3.05, 3.63) is 0 Å². The molecule has 0 saturated carbocycles. The number of piperidine rings is 1. The van der Waals surface area contributed by atoms with Gasteiger partial charge in [-0.15, -0.1) is 0 Å². The molecule has 14 heavy (non-hydrogen) atoms. The number of carbonyl (C=O) groups excluding carboxylic acids is 1. The molecule has 0 amide bonds. The highest BCUT2D eigenvalue weighted by molar-refractivity contribution is 5.80. The molecule has 82 valence electrons. The minimum absolute atomic E-state index is 0.357. The highest BCUT2D eigenvalue weighted by Gasteiger charge is 2.19. The summed E-state index contributed by atoms with van der Waals surface area (Å²) in [5.41, 5.74) is 0. The second-order valence-electron chi connectivity index (χ2n) is 4.07. The number of likely N-dealkylation sites (tertiary alicyclic amines) is 1. The first-order valence-corrected chi connectivity index (χ1v) is 5.49. The third-order valence-corrected chi connectivity index (χ3v) is 2.90. The topological polar surface area (TPSA) is 29.5 Å². The molecule has 0 aliphatic carbocycles. The average molecular weight is 199 g/mol. The van der Waals surface area contributed by atoms with Crippen LogP contribution in [0.4, 0.5) is 0 Å². The van der Waals surface area contributed by atoms with Crippen LogP contribution in [0.3, 0.4) is 0 Å². The Balaban J connectivity index is 2.18. The van der Waals surface area contributed by atoms with E-state index in [1.165, 1.54) is 12.8 Å². The predicted octanol–water partition coefficient (Wildman–Crippen LogP) is 1.32. The maximum atomic E-state index is 11.2. The summed E-state index contributed by atoms with van der Waals surface area (Å²) >= 11 is 0. The Morgan fingerprint density at radius 1 is 1.43 bits per heavy atom. The Morgan fingerprint density at radius 3 is 2.57 bits per heavy atom. The summed E-state index contributed by atoms with van der Waals surface area (Å²) in [4.78, 5) is 13.5. The Bertz CT molecular complexity index is 174. The first kappa shape index (κ1) is 11.7. The molecule has 1 aliphatic heterocycles. The summed E-state index contributed by atoms with van der Waals surface area (Å²) in [6.45, 7) is 5.56. The number of methoxy groups -OCH3 is 1. The molecule has 3 heteroatoms. The lowest BCUT2D eigenvalue weighted by molar-refractivity contribution is -0.120. The molecule has 0 spiro atoms. The molecule has 0 aromatic carbocycles. The van der Waals surface area contributed by atoms with E-state index >= 15 is 0 Å². The lowest BCUT2D eigenvalue weighted by atomic mass is 9.97. The average Bonchev–Trinajstić information content (AvgIpc) is 2.21. The van der Waals surface area contributed by atoms with Crippen LogP contribution in [0.2, 0.25) is 0 Å². The fraction of sp³-hybridized carbons (Fsp3) is 0.909. The quantitative estimate of drug-likeness (QED) is 0.669. The largest absolute Gasteiger partial charge is 0.384 e. The summed E-state index contributed by atoms with van der Waals surface area (Å²) < 4.78 is 5.13. The minimum atomic E-state index is 0.357. The van der Waals surface area contributed by atoms with E-state index in [4.69, 9.17) is 4.74 Å². The number of ether oxygens (including phenoxy) is 1. The zero-order chi connectivity index (χ0) is 10.4. The van der Waals surface area contributed by atoms with Crippen LogP contribution in [0.5, 0.6) is 0 Å². The van der Waals surface area contributed by atoms with Gasteiger partial charge in [-0.05, 0) is 31.8 Å². The van der Waals surface area contributed by atoms with Crippen LogP contribution in [-0.4, -0.2) is 44.0 Å². The Kier molecular flexibility index (Phi) is 5.12. The van der Waals surface area contributed by atoms with Gasteiger partial charge in [-0.25, -0.2) is 0 Å². The Morgan fingerprint density at radius 2 is 2.07 bits per heavy atom. The molecular weight excluding hydrogens is 178 g/mol. The summed E-state index contributed by atoms with van der Waals surface area (Å²) in [5, 5.41) is 0. The van der Waals surface area contributed by atoms with E-state index in [0.29, 0.717) is 24.7 Å². The van der Waals surface area contributed by atoms with Crippen molar-refractivity contribution in [3.63, 3.8) is 0 Å². The molecule has 0 unspecified atom stereocenters. The highest BCUT2D eigenvalue weighted by Crippen LogP contribution is 2.16. The van der Waals surface area contributed by atoms with E-state index in [1.807, 2.05) is 6.92 Å². The van der Waals surface area contributed by atoms with Crippen LogP contribution in [-0.2, 0) is 9.53 Å². The van der Waals surface area contributed by atoms with E-state index in [2.05, 4.69) is 4.90 Å². The smallest absolute Gasteiger partial charge is 0.146 e. The first-order chi connectivity index (χ1) is 6.76. The number of rotatable bonds is 5. The summed E-state index contributed by atoms with van der Waals surface area (Å²) in [6.07, 6.45) is 3.01. The van der Waals surface area contributed by atoms with Gasteiger partial charge in [-0.1, -0.05) is 6.92 Å². The third kappa shape index (κ3) is 3.76. The van der Waals surface area contributed by atoms with Gasteiger partial charge in [0.05, 0.1) is 6.54 Å². The van der Waals surface area contributed by atoms with Gasteiger partial charge >= 0.3 is 0 Å². The van der Waals surface area contributed by atoms with Crippen LogP contribution >= 0.6 is 0 Å². The fourth-order valence-electron chi connectivity index (χ4n) is 1.91. The first-order valence-electron chi connectivity index (χ1n) is 5.49. The normalized spacial score (nSPS) is 19.9. The molecule has 1 saturated heterocycles. The maximum Gasteiger partial charge on any atom is 0.146 e. The zero-order valence-electron chi connectivity index (χ0n) is 9.29. The molecule has 0 aromatic heterocycles. The monoisotopic (exact) mass is 199 g/mol. The molecule has 0 bridgehead atoms. The van der Waals surface area contributed by atoms with Crippen molar-refractivity contribution in [2.24, 2.45) is 5.92 Å². The molecule has 1 aliphatic rings. The second kappa shape index (κ2) is 6.14. The van der Waals surface area contributed by atoms with Crippen molar-refractivity contribution in [2.75, 3.05) is 33.4 Å². The van der Waals surface area contributed by atoms with E-state index in [9.17, 15) is 4.79 Å². The van der Waals surface area contributed by atoms with Crippen LogP contribution in [0.15, 0.2) is 0 Å². The summed E-state index contributed by atoms with van der Waals surface area (Å²) in [7, 11) is 1.76. The van der Waals surface area contributed by atoms with Gasteiger partial charge in [0.15, 0.2) is 0 Å². The van der Waals surface area contributed by atoms with E-state index in [-0.39, 0.29) is 0 Å². The third-order valence-electron chi connectivity index (χ3n) is 2.90. The molecule has 0 atom stereocenters. The lowest BCUT2D eigenvalue weighted by Gasteiger charge is -2.30. The van der Waals surface area contributed by atoms with Gasteiger partial charge in [0, 0.05) is 20.1 Å². The SMILES string of the molecule is CCC(=O)CN1CCC(COC)CC1. The van der Waals surface area contributed by atoms with Crippen LogP contribution in [0, 0.1) is 5.92 Å². The van der Waals surface area contributed by atoms with Crippen LogP contribution in [0.1, 0.15) is 26.2 Å². The van der Waals surface area contributed by atoms with Gasteiger partial charge in [0.1, 0.15) is 5.78 Å². The number of hydrogen-bond acceptors (Lipinski definition) is 3. The molecule has 0 N–H and O–H groups in total. The minimum Gasteiger partial charge on any atom is -0.384 e. The molecule has 1 rings (SSSR count). The van der Waals surface area contributed by atoms with Gasteiger partial charge < -0.3 is 4.74 Å². The van der Waals surface area contributed by atoms with Crippen molar-refractivity contribution in [3.8, 4) is 0 Å². The number of carbonyl (C=O) groups is 1. The van der Waals surface area contributed by atoms with Crippen LogP contribution < -0.4 is 0 Å². The van der Waals surface area contributed by atoms with E-state index < -0.39 is 0 Å². The Labute approximate surface area is 86.4 Å². The zero-order valence-corrected chi connectivity index (χ0v) is 9.29. The maximum absolute atomic E-state index is 11.2. The second-order valence-corrected chi connectivity index (χ2v) is 4.07. The molecule has 0 radical (unpaired) electrons. The van der Waals surface area contributed by atoms with Gasteiger partial charge in [0.2, 0.25) is 0 Å². The number of nitrogens with zero attached hydrogens (tertiary/aromatic N) is 1. The van der Waals surface area contributed by atoms with Gasteiger partial charge in [-0.2, -0.15) is 0 Å². The number of ketones is 1. The van der Waals surface area contributed by atoms with Crippen molar-refractivity contribution in [1.82, 2.24) is 4.90 Å². The summed E-state index contributed by atoms with van der Waals surface area (Å²) in [5.74, 6) is 1.06. The van der Waals surface area contributed by atoms with E-state index in [1.54, 1.807) is 7.11 Å². The number of Topliss-reactive ketones (excluding diaryl/α,β-unsaturated/α-hetero) is 1. The van der Waals surface area contributed by atoms with Crippen molar-refractivity contribution in [2.45, 2.75) is 26.2 Å².